The maximum atomic E-state index is 13.0. The average molecular weight is 304 g/mol. The number of hydrogen-bond donors (Lipinski definition) is 1. The summed E-state index contributed by atoms with van der Waals surface area (Å²) in [5.74, 6) is -0.659. The van der Waals surface area contributed by atoms with Crippen LogP contribution in [0.1, 0.15) is 22.3 Å². The highest BCUT2D eigenvalue weighted by molar-refractivity contribution is 5.95. The SMILES string of the molecule is COCCN(CCCN)C(=O)c1ccccc1C(F)(F)F. The van der Waals surface area contributed by atoms with E-state index in [4.69, 9.17) is 10.5 Å². The first-order valence-electron chi connectivity index (χ1n) is 6.56. The van der Waals surface area contributed by atoms with Crippen molar-refractivity contribution in [2.75, 3.05) is 33.4 Å². The normalized spacial score (nSPS) is 11.5. The van der Waals surface area contributed by atoms with E-state index in [1.165, 1.54) is 30.2 Å². The Morgan fingerprint density at radius 2 is 1.95 bits per heavy atom. The smallest absolute Gasteiger partial charge is 0.383 e. The van der Waals surface area contributed by atoms with Gasteiger partial charge in [0.2, 0.25) is 0 Å². The molecule has 0 bridgehead atoms. The van der Waals surface area contributed by atoms with Crippen molar-refractivity contribution in [3.8, 4) is 0 Å². The molecule has 4 nitrogen and oxygen atoms in total. The second-order valence-electron chi connectivity index (χ2n) is 4.47. The van der Waals surface area contributed by atoms with Crippen molar-refractivity contribution in [3.05, 3.63) is 35.4 Å². The number of ether oxygens (including phenoxy) is 1. The monoisotopic (exact) mass is 304 g/mol. The van der Waals surface area contributed by atoms with Gasteiger partial charge in [0.15, 0.2) is 0 Å². The van der Waals surface area contributed by atoms with Gasteiger partial charge in [0.1, 0.15) is 0 Å². The quantitative estimate of drug-likeness (QED) is 0.839. The lowest BCUT2D eigenvalue weighted by molar-refractivity contribution is -0.138. The summed E-state index contributed by atoms with van der Waals surface area (Å²) in [6, 6.07) is 4.77. The van der Waals surface area contributed by atoms with Gasteiger partial charge in [0, 0.05) is 20.2 Å². The molecule has 2 N–H and O–H groups in total. The Balaban J connectivity index is 3.02. The number of nitrogens with two attached hydrogens (primary N) is 1. The molecule has 1 aromatic rings. The number of halogens is 3. The molecule has 0 unspecified atom stereocenters. The van der Waals surface area contributed by atoms with Crippen LogP contribution in [0.5, 0.6) is 0 Å². The molecule has 0 fully saturated rings. The Morgan fingerprint density at radius 3 is 2.52 bits per heavy atom. The van der Waals surface area contributed by atoms with Crippen molar-refractivity contribution in [2.45, 2.75) is 12.6 Å². The molecule has 0 aliphatic heterocycles. The molecule has 0 saturated carbocycles. The minimum absolute atomic E-state index is 0.224. The molecule has 1 aromatic carbocycles. The topological polar surface area (TPSA) is 55.6 Å². The third-order valence-electron chi connectivity index (χ3n) is 2.95. The first-order chi connectivity index (χ1) is 9.91. The second kappa shape index (κ2) is 7.99. The van der Waals surface area contributed by atoms with Gasteiger partial charge in [-0.25, -0.2) is 0 Å². The van der Waals surface area contributed by atoms with Crippen molar-refractivity contribution < 1.29 is 22.7 Å². The molecule has 0 aliphatic rings. The fourth-order valence-electron chi connectivity index (χ4n) is 1.89. The van der Waals surface area contributed by atoms with Crippen molar-refractivity contribution in [3.63, 3.8) is 0 Å². The van der Waals surface area contributed by atoms with Crippen LogP contribution < -0.4 is 5.73 Å². The zero-order valence-corrected chi connectivity index (χ0v) is 11.8. The lowest BCUT2D eigenvalue weighted by atomic mass is 10.1. The molecule has 0 spiro atoms. The van der Waals surface area contributed by atoms with Crippen LogP contribution in [0.4, 0.5) is 13.2 Å². The Bertz CT molecular complexity index is 456. The van der Waals surface area contributed by atoms with Gasteiger partial charge in [0.05, 0.1) is 17.7 Å². The maximum absolute atomic E-state index is 13.0. The first kappa shape index (κ1) is 17.5. The fourth-order valence-corrected chi connectivity index (χ4v) is 1.89. The summed E-state index contributed by atoms with van der Waals surface area (Å²) >= 11 is 0. The third kappa shape index (κ3) is 5.02. The maximum Gasteiger partial charge on any atom is 0.417 e. The van der Waals surface area contributed by atoms with Crippen LogP contribution >= 0.6 is 0 Å². The summed E-state index contributed by atoms with van der Waals surface area (Å²) in [5.41, 5.74) is 4.12. The fraction of sp³-hybridized carbons (Fsp3) is 0.500. The lowest BCUT2D eigenvalue weighted by Gasteiger charge is -2.24. The molecular weight excluding hydrogens is 285 g/mol. The number of alkyl halides is 3. The van der Waals surface area contributed by atoms with E-state index >= 15 is 0 Å². The van der Waals surface area contributed by atoms with Crippen LogP contribution in [0.25, 0.3) is 0 Å². The largest absolute Gasteiger partial charge is 0.417 e. The minimum atomic E-state index is -4.56. The van der Waals surface area contributed by atoms with Gasteiger partial charge in [-0.05, 0) is 25.1 Å². The number of carbonyl (C=O) groups is 1. The van der Waals surface area contributed by atoms with E-state index in [1.54, 1.807) is 0 Å². The Hall–Kier alpha value is -1.60. The molecule has 0 radical (unpaired) electrons. The molecule has 0 atom stereocenters. The molecule has 0 heterocycles. The van der Waals surface area contributed by atoms with Gasteiger partial charge < -0.3 is 15.4 Å². The highest BCUT2D eigenvalue weighted by Gasteiger charge is 2.35. The second-order valence-corrected chi connectivity index (χ2v) is 4.47. The first-order valence-corrected chi connectivity index (χ1v) is 6.56. The van der Waals surface area contributed by atoms with E-state index in [1.807, 2.05) is 0 Å². The number of rotatable bonds is 7. The molecule has 118 valence electrons. The van der Waals surface area contributed by atoms with Gasteiger partial charge in [-0.1, -0.05) is 12.1 Å². The van der Waals surface area contributed by atoms with E-state index in [9.17, 15) is 18.0 Å². The number of nitrogens with zero attached hydrogens (tertiary/aromatic N) is 1. The lowest BCUT2D eigenvalue weighted by Crippen LogP contribution is -2.36. The van der Waals surface area contributed by atoms with E-state index in [0.717, 1.165) is 6.07 Å². The molecule has 1 amide bonds. The van der Waals surface area contributed by atoms with E-state index in [0.29, 0.717) is 19.5 Å². The minimum Gasteiger partial charge on any atom is -0.383 e. The van der Waals surface area contributed by atoms with Gasteiger partial charge in [0.25, 0.3) is 5.91 Å². The molecule has 0 aliphatic carbocycles. The van der Waals surface area contributed by atoms with Crippen LogP contribution in [0, 0.1) is 0 Å². The number of hydrogen-bond acceptors (Lipinski definition) is 3. The van der Waals surface area contributed by atoms with E-state index in [2.05, 4.69) is 0 Å². The van der Waals surface area contributed by atoms with Crippen LogP contribution in [-0.2, 0) is 10.9 Å². The number of methoxy groups -OCH3 is 1. The molecule has 0 saturated heterocycles. The summed E-state index contributed by atoms with van der Waals surface area (Å²) in [6.45, 7) is 1.13. The van der Waals surface area contributed by atoms with Crippen LogP contribution in [-0.4, -0.2) is 44.2 Å². The average Bonchev–Trinajstić information content (AvgIpc) is 2.46. The standard InChI is InChI=1S/C14H19F3N2O2/c1-21-10-9-19(8-4-7-18)13(20)11-5-2-3-6-12(11)14(15,16)17/h2-3,5-6H,4,7-10,18H2,1H3. The Labute approximate surface area is 121 Å². The molecular formula is C14H19F3N2O2. The number of amides is 1. The summed E-state index contributed by atoms with van der Waals surface area (Å²) in [6.07, 6.45) is -4.04. The van der Waals surface area contributed by atoms with Crippen molar-refractivity contribution in [1.82, 2.24) is 4.90 Å². The van der Waals surface area contributed by atoms with Crippen LogP contribution in [0.15, 0.2) is 24.3 Å². The molecule has 0 aromatic heterocycles. The molecule has 21 heavy (non-hydrogen) atoms. The van der Waals surface area contributed by atoms with E-state index in [-0.39, 0.29) is 18.7 Å². The van der Waals surface area contributed by atoms with Crippen LogP contribution in [0.3, 0.4) is 0 Å². The van der Waals surface area contributed by atoms with Gasteiger partial charge >= 0.3 is 6.18 Å². The predicted molar refractivity (Wildman–Crippen MR) is 72.9 cm³/mol. The Kier molecular flexibility index (Phi) is 6.64. The highest BCUT2D eigenvalue weighted by Crippen LogP contribution is 2.32. The van der Waals surface area contributed by atoms with Gasteiger partial charge in [-0.2, -0.15) is 13.2 Å². The third-order valence-corrected chi connectivity index (χ3v) is 2.95. The van der Waals surface area contributed by atoms with Crippen molar-refractivity contribution in [1.29, 1.82) is 0 Å². The molecule has 1 rings (SSSR count). The number of carbonyl (C=O) groups excluding carboxylic acids is 1. The summed E-state index contributed by atoms with van der Waals surface area (Å²) in [5, 5.41) is 0. The van der Waals surface area contributed by atoms with E-state index < -0.39 is 17.6 Å². The zero-order valence-electron chi connectivity index (χ0n) is 11.8. The predicted octanol–water partition coefficient (Wildman–Crippen LogP) is 2.14. The number of benzene rings is 1. The van der Waals surface area contributed by atoms with Gasteiger partial charge in [-0.15, -0.1) is 0 Å². The summed E-state index contributed by atoms with van der Waals surface area (Å²) in [4.78, 5) is 13.7. The molecule has 7 heteroatoms. The summed E-state index contributed by atoms with van der Waals surface area (Å²) in [7, 11) is 1.47. The Morgan fingerprint density at radius 1 is 1.29 bits per heavy atom. The zero-order chi connectivity index (χ0) is 15.9. The van der Waals surface area contributed by atoms with Crippen molar-refractivity contribution >= 4 is 5.91 Å². The van der Waals surface area contributed by atoms with Crippen LogP contribution in [0.2, 0.25) is 0 Å². The van der Waals surface area contributed by atoms with Gasteiger partial charge in [-0.3, -0.25) is 4.79 Å². The highest BCUT2D eigenvalue weighted by atomic mass is 19.4. The summed E-state index contributed by atoms with van der Waals surface area (Å²) < 4.78 is 43.8. The van der Waals surface area contributed by atoms with Crippen molar-refractivity contribution in [2.24, 2.45) is 5.73 Å².